The predicted molar refractivity (Wildman–Crippen MR) is 82.3 cm³/mol. The van der Waals surface area contributed by atoms with Gasteiger partial charge in [-0.05, 0) is 40.8 Å². The van der Waals surface area contributed by atoms with Gasteiger partial charge >= 0.3 is 0 Å². The quantitative estimate of drug-likeness (QED) is 0.719. The third-order valence-corrected chi connectivity index (χ3v) is 3.67. The van der Waals surface area contributed by atoms with Crippen LogP contribution < -0.4 is 0 Å². The lowest BCUT2D eigenvalue weighted by molar-refractivity contribution is 0.471. The lowest BCUT2D eigenvalue weighted by Crippen LogP contribution is -2.10. The van der Waals surface area contributed by atoms with Crippen molar-refractivity contribution in [3.8, 4) is 16.9 Å². The normalized spacial score (nSPS) is 11.6. The second-order valence-electron chi connectivity index (χ2n) is 5.62. The molecule has 1 nitrogen and oxygen atoms in total. The molecule has 0 spiro atoms. The molecule has 2 aromatic rings. The topological polar surface area (TPSA) is 20.2 Å². The average molecular weight is 295 g/mol. The molecule has 0 aromatic heterocycles. The molecule has 100 valence electrons. The molecule has 0 saturated carbocycles. The van der Waals surface area contributed by atoms with Crippen molar-refractivity contribution in [1.82, 2.24) is 0 Å². The lowest BCUT2D eigenvalue weighted by atomic mass is 9.85. The molecule has 2 aromatic carbocycles. The van der Waals surface area contributed by atoms with Gasteiger partial charge in [0, 0.05) is 15.6 Å². The number of hydrogen-bond acceptors (Lipinski definition) is 1. The van der Waals surface area contributed by atoms with E-state index in [1.165, 1.54) is 0 Å². The Hall–Kier alpha value is -1.18. The highest BCUT2D eigenvalue weighted by molar-refractivity contribution is 6.39. The van der Waals surface area contributed by atoms with Gasteiger partial charge in [-0.2, -0.15) is 0 Å². The minimum atomic E-state index is -0.0543. The van der Waals surface area contributed by atoms with E-state index < -0.39 is 0 Å². The number of benzene rings is 2. The third-order valence-electron chi connectivity index (χ3n) is 3.04. The maximum atomic E-state index is 9.91. The van der Waals surface area contributed by atoms with Crippen molar-refractivity contribution in [2.45, 2.75) is 26.2 Å². The van der Waals surface area contributed by atoms with Gasteiger partial charge in [-0.15, -0.1) is 0 Å². The van der Waals surface area contributed by atoms with Gasteiger partial charge in [0.25, 0.3) is 0 Å². The van der Waals surface area contributed by atoms with E-state index in [0.29, 0.717) is 10.0 Å². The van der Waals surface area contributed by atoms with Crippen molar-refractivity contribution in [3.05, 3.63) is 52.0 Å². The van der Waals surface area contributed by atoms with Gasteiger partial charge in [-0.3, -0.25) is 0 Å². The molecule has 0 aliphatic rings. The van der Waals surface area contributed by atoms with Crippen LogP contribution in [0, 0.1) is 0 Å². The summed E-state index contributed by atoms with van der Waals surface area (Å²) >= 11 is 12.4. The van der Waals surface area contributed by atoms with Crippen LogP contribution in [0.3, 0.4) is 0 Å². The molecule has 1 N–H and O–H groups in total. The zero-order chi connectivity index (χ0) is 14.2. The summed E-state index contributed by atoms with van der Waals surface area (Å²) in [5, 5.41) is 11.1. The van der Waals surface area contributed by atoms with Crippen molar-refractivity contribution in [3.63, 3.8) is 0 Å². The molecule has 0 fully saturated rings. The molecule has 0 amide bonds. The summed E-state index contributed by atoms with van der Waals surface area (Å²) in [5.74, 6) is 0.221. The SMILES string of the molecule is CC(C)(C)c1cc(O)cc(-c2c(Cl)cccc2Cl)c1. The van der Waals surface area contributed by atoms with E-state index in [4.69, 9.17) is 23.2 Å². The van der Waals surface area contributed by atoms with Gasteiger partial charge in [0.15, 0.2) is 0 Å². The van der Waals surface area contributed by atoms with Crippen LogP contribution >= 0.6 is 23.2 Å². The van der Waals surface area contributed by atoms with Crippen molar-refractivity contribution in [2.75, 3.05) is 0 Å². The van der Waals surface area contributed by atoms with Gasteiger partial charge in [0.2, 0.25) is 0 Å². The van der Waals surface area contributed by atoms with E-state index >= 15 is 0 Å². The van der Waals surface area contributed by atoms with Crippen molar-refractivity contribution in [1.29, 1.82) is 0 Å². The van der Waals surface area contributed by atoms with E-state index in [1.54, 1.807) is 24.3 Å². The molecule has 3 heteroatoms. The Morgan fingerprint density at radius 1 is 0.947 bits per heavy atom. The Morgan fingerprint density at radius 3 is 2.05 bits per heavy atom. The number of hydrogen-bond donors (Lipinski definition) is 1. The zero-order valence-corrected chi connectivity index (χ0v) is 12.7. The molecule has 0 unspecified atom stereocenters. The molecule has 0 aliphatic heterocycles. The van der Waals surface area contributed by atoms with E-state index in [0.717, 1.165) is 16.7 Å². The van der Waals surface area contributed by atoms with Crippen LogP contribution in [-0.2, 0) is 5.41 Å². The van der Waals surface area contributed by atoms with Crippen LogP contribution in [0.25, 0.3) is 11.1 Å². The van der Waals surface area contributed by atoms with Crippen LogP contribution in [-0.4, -0.2) is 5.11 Å². The van der Waals surface area contributed by atoms with Crippen LogP contribution in [0.5, 0.6) is 5.75 Å². The Morgan fingerprint density at radius 2 is 1.53 bits per heavy atom. The Balaban J connectivity index is 2.67. The van der Waals surface area contributed by atoms with Gasteiger partial charge < -0.3 is 5.11 Å². The summed E-state index contributed by atoms with van der Waals surface area (Å²) in [5.41, 5.74) is 2.58. The zero-order valence-electron chi connectivity index (χ0n) is 11.2. The second kappa shape index (κ2) is 5.07. The first-order valence-electron chi connectivity index (χ1n) is 6.08. The smallest absolute Gasteiger partial charge is 0.116 e. The molecule has 0 saturated heterocycles. The first kappa shape index (κ1) is 14.2. The van der Waals surface area contributed by atoms with Crippen LogP contribution in [0.2, 0.25) is 10.0 Å². The number of halogens is 2. The average Bonchev–Trinajstić information content (AvgIpc) is 2.26. The second-order valence-corrected chi connectivity index (χ2v) is 6.43. The van der Waals surface area contributed by atoms with Gasteiger partial charge in [0.1, 0.15) is 5.75 Å². The monoisotopic (exact) mass is 294 g/mol. The molecule has 0 aliphatic carbocycles. The predicted octanol–water partition coefficient (Wildman–Crippen LogP) is 5.66. The highest BCUT2D eigenvalue weighted by Crippen LogP contribution is 2.38. The fraction of sp³-hybridized carbons (Fsp3) is 0.250. The Labute approximate surface area is 123 Å². The summed E-state index contributed by atoms with van der Waals surface area (Å²) in [4.78, 5) is 0. The van der Waals surface area contributed by atoms with E-state index in [2.05, 4.69) is 20.8 Å². The van der Waals surface area contributed by atoms with Gasteiger partial charge in [-0.1, -0.05) is 56.1 Å². The third kappa shape index (κ3) is 3.05. The molecular weight excluding hydrogens is 279 g/mol. The molecule has 0 atom stereocenters. The number of phenols is 1. The summed E-state index contributed by atoms with van der Waals surface area (Å²) in [6.45, 7) is 6.29. The number of aromatic hydroxyl groups is 1. The van der Waals surface area contributed by atoms with Crippen molar-refractivity contribution < 1.29 is 5.11 Å². The van der Waals surface area contributed by atoms with Gasteiger partial charge in [0.05, 0.1) is 0 Å². The maximum absolute atomic E-state index is 9.91. The summed E-state index contributed by atoms with van der Waals surface area (Å²) in [6.07, 6.45) is 0. The van der Waals surface area contributed by atoms with Crippen molar-refractivity contribution in [2.24, 2.45) is 0 Å². The van der Waals surface area contributed by atoms with Crippen molar-refractivity contribution >= 4 is 23.2 Å². The molecule has 0 heterocycles. The molecular formula is C16H16Cl2O. The standard InChI is InChI=1S/C16H16Cl2O/c1-16(2,3)11-7-10(8-12(19)9-11)15-13(17)5-4-6-14(15)18/h4-9,19H,1-3H3. The summed E-state index contributed by atoms with van der Waals surface area (Å²) in [6, 6.07) is 10.9. The van der Waals surface area contributed by atoms with E-state index in [1.807, 2.05) is 12.1 Å². The minimum absolute atomic E-state index is 0.0543. The summed E-state index contributed by atoms with van der Waals surface area (Å²) in [7, 11) is 0. The fourth-order valence-electron chi connectivity index (χ4n) is 1.96. The Bertz CT molecular complexity index is 592. The Kier molecular flexibility index (Phi) is 3.80. The summed E-state index contributed by atoms with van der Waals surface area (Å²) < 4.78 is 0. The maximum Gasteiger partial charge on any atom is 0.116 e. The molecule has 19 heavy (non-hydrogen) atoms. The molecule has 0 radical (unpaired) electrons. The molecule has 0 bridgehead atoms. The lowest BCUT2D eigenvalue weighted by Gasteiger charge is -2.21. The number of rotatable bonds is 1. The van der Waals surface area contributed by atoms with E-state index in [9.17, 15) is 5.11 Å². The van der Waals surface area contributed by atoms with Crippen LogP contribution in [0.1, 0.15) is 26.3 Å². The first-order valence-corrected chi connectivity index (χ1v) is 6.83. The fourth-order valence-corrected chi connectivity index (χ4v) is 2.58. The van der Waals surface area contributed by atoms with Crippen LogP contribution in [0.15, 0.2) is 36.4 Å². The highest BCUT2D eigenvalue weighted by atomic mass is 35.5. The van der Waals surface area contributed by atoms with Gasteiger partial charge in [-0.25, -0.2) is 0 Å². The van der Waals surface area contributed by atoms with E-state index in [-0.39, 0.29) is 11.2 Å². The largest absolute Gasteiger partial charge is 0.508 e. The minimum Gasteiger partial charge on any atom is -0.508 e. The highest BCUT2D eigenvalue weighted by Gasteiger charge is 2.17. The van der Waals surface area contributed by atoms with Crippen LogP contribution in [0.4, 0.5) is 0 Å². The molecule has 2 rings (SSSR count). The first-order chi connectivity index (χ1) is 8.79. The number of phenolic OH excluding ortho intramolecular Hbond substituents is 1.